The Balaban J connectivity index is 2.03. The second-order valence-electron chi connectivity index (χ2n) is 4.24. The molecule has 7 nitrogen and oxygen atoms in total. The molecule has 3 aromatic rings. The van der Waals surface area contributed by atoms with E-state index in [1.165, 1.54) is 6.07 Å². The molecular weight excluding hydrogens is 246 g/mol. The Morgan fingerprint density at radius 1 is 1.37 bits per heavy atom. The van der Waals surface area contributed by atoms with Crippen molar-refractivity contribution in [3.8, 4) is 0 Å². The molecule has 0 saturated carbocycles. The monoisotopic (exact) mass is 257 g/mol. The van der Waals surface area contributed by atoms with Crippen molar-refractivity contribution in [1.82, 2.24) is 24.8 Å². The lowest BCUT2D eigenvalue weighted by Gasteiger charge is -2.00. The maximum atomic E-state index is 11.0. The molecule has 7 heteroatoms. The smallest absolute Gasteiger partial charge is 0.335 e. The summed E-state index contributed by atoms with van der Waals surface area (Å²) in [5, 5.41) is 21.3. The molecule has 0 bridgehead atoms. The first-order valence-corrected chi connectivity index (χ1v) is 5.68. The quantitative estimate of drug-likeness (QED) is 0.753. The number of carboxylic acid groups (broad SMARTS) is 1. The normalized spacial score (nSPS) is 11.0. The van der Waals surface area contributed by atoms with Crippen molar-refractivity contribution in [2.75, 3.05) is 0 Å². The maximum absolute atomic E-state index is 11.0. The van der Waals surface area contributed by atoms with E-state index in [9.17, 15) is 4.79 Å². The van der Waals surface area contributed by atoms with E-state index in [-0.39, 0.29) is 5.56 Å². The van der Waals surface area contributed by atoms with E-state index in [1.807, 2.05) is 19.3 Å². The molecule has 0 saturated heterocycles. The molecule has 2 heterocycles. The summed E-state index contributed by atoms with van der Waals surface area (Å²) in [6.07, 6.45) is 1.84. The predicted molar refractivity (Wildman–Crippen MR) is 66.8 cm³/mol. The van der Waals surface area contributed by atoms with Crippen LogP contribution in [0, 0.1) is 0 Å². The van der Waals surface area contributed by atoms with Crippen molar-refractivity contribution in [2.24, 2.45) is 7.05 Å². The number of carbonyl (C=O) groups is 1. The minimum absolute atomic E-state index is 0.220. The highest BCUT2D eigenvalue weighted by atomic mass is 16.4. The summed E-state index contributed by atoms with van der Waals surface area (Å²) in [4.78, 5) is 11.0. The van der Waals surface area contributed by atoms with Crippen LogP contribution in [-0.4, -0.2) is 35.9 Å². The third-order valence-corrected chi connectivity index (χ3v) is 2.84. The standard InChI is InChI=1S/C12H11N5O2/c1-16-5-4-9(14-16)7-17-11-6-8(12(18)19)2-3-10(11)13-15-17/h2-6H,7H2,1H3,(H,18,19). The number of hydrogen-bond donors (Lipinski definition) is 1. The number of aromatic carboxylic acids is 1. The van der Waals surface area contributed by atoms with Gasteiger partial charge in [-0.3, -0.25) is 4.68 Å². The molecule has 0 aliphatic carbocycles. The van der Waals surface area contributed by atoms with Crippen molar-refractivity contribution in [3.05, 3.63) is 41.7 Å². The molecule has 3 rings (SSSR count). The molecule has 0 unspecified atom stereocenters. The lowest BCUT2D eigenvalue weighted by molar-refractivity contribution is 0.0697. The van der Waals surface area contributed by atoms with E-state index in [0.29, 0.717) is 17.6 Å². The molecule has 1 N–H and O–H groups in total. The van der Waals surface area contributed by atoms with Crippen LogP contribution in [0.5, 0.6) is 0 Å². The van der Waals surface area contributed by atoms with Gasteiger partial charge in [0.2, 0.25) is 0 Å². The van der Waals surface area contributed by atoms with Gasteiger partial charge >= 0.3 is 5.97 Å². The minimum Gasteiger partial charge on any atom is -0.478 e. The van der Waals surface area contributed by atoms with Crippen LogP contribution in [0.2, 0.25) is 0 Å². The van der Waals surface area contributed by atoms with Gasteiger partial charge in [0.25, 0.3) is 0 Å². The molecule has 0 amide bonds. The van der Waals surface area contributed by atoms with Crippen LogP contribution in [0.25, 0.3) is 11.0 Å². The topological polar surface area (TPSA) is 85.8 Å². The largest absolute Gasteiger partial charge is 0.478 e. The highest BCUT2D eigenvalue weighted by Crippen LogP contribution is 2.14. The van der Waals surface area contributed by atoms with E-state index < -0.39 is 5.97 Å². The van der Waals surface area contributed by atoms with E-state index in [0.717, 1.165) is 5.69 Å². The Morgan fingerprint density at radius 3 is 2.89 bits per heavy atom. The summed E-state index contributed by atoms with van der Waals surface area (Å²) in [7, 11) is 1.84. The minimum atomic E-state index is -0.965. The van der Waals surface area contributed by atoms with Gasteiger partial charge in [0.05, 0.1) is 23.3 Å². The number of nitrogens with zero attached hydrogens (tertiary/aromatic N) is 5. The summed E-state index contributed by atoms with van der Waals surface area (Å²) in [5.41, 5.74) is 2.42. The van der Waals surface area contributed by atoms with Crippen molar-refractivity contribution >= 4 is 17.0 Å². The molecule has 19 heavy (non-hydrogen) atoms. The van der Waals surface area contributed by atoms with Crippen LogP contribution >= 0.6 is 0 Å². The van der Waals surface area contributed by atoms with Gasteiger partial charge < -0.3 is 5.11 Å². The fraction of sp³-hybridized carbons (Fsp3) is 0.167. The first-order chi connectivity index (χ1) is 9.13. The average molecular weight is 257 g/mol. The van der Waals surface area contributed by atoms with Crippen LogP contribution in [0.3, 0.4) is 0 Å². The van der Waals surface area contributed by atoms with Crippen LogP contribution in [0.15, 0.2) is 30.5 Å². The van der Waals surface area contributed by atoms with Crippen molar-refractivity contribution in [1.29, 1.82) is 0 Å². The van der Waals surface area contributed by atoms with E-state index >= 15 is 0 Å². The van der Waals surface area contributed by atoms with E-state index in [2.05, 4.69) is 15.4 Å². The number of aryl methyl sites for hydroxylation is 1. The third kappa shape index (κ3) is 2.05. The Hall–Kier alpha value is -2.70. The van der Waals surface area contributed by atoms with Gasteiger partial charge in [0.15, 0.2) is 0 Å². The maximum Gasteiger partial charge on any atom is 0.335 e. The summed E-state index contributed by atoms with van der Waals surface area (Å²) in [6.45, 7) is 0.459. The number of hydrogen-bond acceptors (Lipinski definition) is 4. The van der Waals surface area contributed by atoms with Crippen molar-refractivity contribution in [2.45, 2.75) is 6.54 Å². The Kier molecular flexibility index (Phi) is 2.52. The number of rotatable bonds is 3. The summed E-state index contributed by atoms with van der Waals surface area (Å²) >= 11 is 0. The van der Waals surface area contributed by atoms with Crippen molar-refractivity contribution < 1.29 is 9.90 Å². The molecule has 0 aliphatic rings. The molecular formula is C12H11N5O2. The molecule has 0 radical (unpaired) electrons. The van der Waals surface area contributed by atoms with Crippen LogP contribution in [0.1, 0.15) is 16.1 Å². The van der Waals surface area contributed by atoms with Gasteiger partial charge in [-0.1, -0.05) is 5.21 Å². The van der Waals surface area contributed by atoms with Crippen LogP contribution in [0.4, 0.5) is 0 Å². The van der Waals surface area contributed by atoms with E-state index in [4.69, 9.17) is 5.11 Å². The van der Waals surface area contributed by atoms with Gasteiger partial charge in [-0.15, -0.1) is 5.10 Å². The number of aromatic nitrogens is 5. The Morgan fingerprint density at radius 2 is 2.21 bits per heavy atom. The second kappa shape index (κ2) is 4.20. The molecule has 1 aromatic carbocycles. The SMILES string of the molecule is Cn1ccc(Cn2nnc3ccc(C(=O)O)cc32)n1. The molecule has 0 atom stereocenters. The molecule has 0 spiro atoms. The highest BCUT2D eigenvalue weighted by molar-refractivity contribution is 5.92. The molecule has 0 fully saturated rings. The third-order valence-electron chi connectivity index (χ3n) is 2.84. The summed E-state index contributed by atoms with van der Waals surface area (Å²) in [5.74, 6) is -0.965. The lowest BCUT2D eigenvalue weighted by Crippen LogP contribution is -2.04. The zero-order chi connectivity index (χ0) is 13.4. The first kappa shape index (κ1) is 11.4. The molecule has 96 valence electrons. The van der Waals surface area contributed by atoms with Crippen LogP contribution in [-0.2, 0) is 13.6 Å². The zero-order valence-corrected chi connectivity index (χ0v) is 10.2. The average Bonchev–Trinajstić information content (AvgIpc) is 2.96. The van der Waals surface area contributed by atoms with Gasteiger partial charge in [-0.2, -0.15) is 5.10 Å². The fourth-order valence-corrected chi connectivity index (χ4v) is 1.92. The zero-order valence-electron chi connectivity index (χ0n) is 10.2. The van der Waals surface area contributed by atoms with Gasteiger partial charge in [0, 0.05) is 13.2 Å². The van der Waals surface area contributed by atoms with Crippen LogP contribution < -0.4 is 0 Å². The lowest BCUT2D eigenvalue weighted by atomic mass is 10.2. The number of fused-ring (bicyclic) bond motifs is 1. The Bertz CT molecular complexity index is 758. The number of carboxylic acids is 1. The first-order valence-electron chi connectivity index (χ1n) is 5.68. The van der Waals surface area contributed by atoms with E-state index in [1.54, 1.807) is 21.5 Å². The van der Waals surface area contributed by atoms with Gasteiger partial charge in [0.1, 0.15) is 5.52 Å². The molecule has 2 aromatic heterocycles. The van der Waals surface area contributed by atoms with Crippen molar-refractivity contribution in [3.63, 3.8) is 0 Å². The summed E-state index contributed by atoms with van der Waals surface area (Å²) in [6, 6.07) is 6.63. The fourth-order valence-electron chi connectivity index (χ4n) is 1.92. The van der Waals surface area contributed by atoms with Gasteiger partial charge in [-0.25, -0.2) is 9.48 Å². The van der Waals surface area contributed by atoms with Gasteiger partial charge in [-0.05, 0) is 24.3 Å². The summed E-state index contributed by atoms with van der Waals surface area (Å²) < 4.78 is 3.35. The Labute approximate surface area is 108 Å². The second-order valence-corrected chi connectivity index (χ2v) is 4.24. The highest BCUT2D eigenvalue weighted by Gasteiger charge is 2.10. The number of benzene rings is 1. The molecule has 0 aliphatic heterocycles. The predicted octanol–water partition coefficient (Wildman–Crippen LogP) is 0.911.